The van der Waals surface area contributed by atoms with E-state index in [1.807, 2.05) is 25.1 Å². The largest absolute Gasteiger partial charge is 0.486 e. The van der Waals surface area contributed by atoms with Crippen molar-refractivity contribution in [2.75, 3.05) is 0 Å². The molecule has 0 spiro atoms. The van der Waals surface area contributed by atoms with Gasteiger partial charge in [0.15, 0.2) is 0 Å². The van der Waals surface area contributed by atoms with E-state index in [0.29, 0.717) is 27.9 Å². The van der Waals surface area contributed by atoms with Crippen LogP contribution in [0.5, 0.6) is 5.75 Å². The number of hydrogen-bond donors (Lipinski definition) is 1. The number of carboxylic acid groups (broad SMARTS) is 1. The van der Waals surface area contributed by atoms with Gasteiger partial charge in [0.25, 0.3) is 0 Å². The molecule has 0 saturated heterocycles. The van der Waals surface area contributed by atoms with Crippen molar-refractivity contribution < 1.29 is 14.6 Å². The number of carboxylic acids is 1. The minimum atomic E-state index is -0.955. The van der Waals surface area contributed by atoms with Gasteiger partial charge in [0.1, 0.15) is 11.9 Å². The summed E-state index contributed by atoms with van der Waals surface area (Å²) < 4.78 is 6.09. The molecule has 1 aliphatic rings. The van der Waals surface area contributed by atoms with Crippen LogP contribution in [0.1, 0.15) is 45.6 Å². The molecule has 2 heterocycles. The Labute approximate surface area is 177 Å². The number of benzene rings is 2. The molecule has 3 aromatic rings. The third-order valence-corrected chi connectivity index (χ3v) is 5.36. The number of aromatic carboxylic acids is 1. The van der Waals surface area contributed by atoms with Crippen molar-refractivity contribution in [2.24, 2.45) is 4.99 Å². The average Bonchev–Trinajstić information content (AvgIpc) is 3.11. The molecule has 0 aliphatic carbocycles. The topological polar surface area (TPSA) is 71.8 Å². The van der Waals surface area contributed by atoms with Gasteiger partial charge in [-0.3, -0.25) is 9.98 Å². The molecule has 2 aromatic carbocycles. The molecule has 1 unspecified atom stereocenters. The third kappa shape index (κ3) is 3.84. The van der Waals surface area contributed by atoms with Crippen molar-refractivity contribution in [3.8, 4) is 5.75 Å². The summed E-state index contributed by atoms with van der Waals surface area (Å²) >= 11 is 12.5. The molecular formula is C22H16Cl2N2O3. The minimum Gasteiger partial charge on any atom is -0.486 e. The van der Waals surface area contributed by atoms with Crippen LogP contribution in [0, 0.1) is 0 Å². The lowest BCUT2D eigenvalue weighted by atomic mass is 9.99. The SMILES string of the molecule is CC(Oc1ccc2c(c1)C(c1ccc(C(=O)O)cc1)=NC2)c1c(Cl)cncc1Cl. The fraction of sp³-hybridized carbons (Fsp3) is 0.136. The van der Waals surface area contributed by atoms with Crippen LogP contribution in [0.15, 0.2) is 59.9 Å². The maximum absolute atomic E-state index is 11.1. The van der Waals surface area contributed by atoms with Crippen LogP contribution in [0.25, 0.3) is 0 Å². The summed E-state index contributed by atoms with van der Waals surface area (Å²) in [5, 5.41) is 9.98. The van der Waals surface area contributed by atoms with Gasteiger partial charge in [0.05, 0.1) is 27.9 Å². The van der Waals surface area contributed by atoms with Gasteiger partial charge < -0.3 is 9.84 Å². The van der Waals surface area contributed by atoms with Crippen molar-refractivity contribution in [2.45, 2.75) is 19.6 Å². The smallest absolute Gasteiger partial charge is 0.335 e. The second-order valence-electron chi connectivity index (χ2n) is 6.64. The van der Waals surface area contributed by atoms with E-state index in [1.54, 1.807) is 24.3 Å². The first-order chi connectivity index (χ1) is 13.9. The molecule has 0 amide bonds. The molecule has 1 aromatic heterocycles. The Morgan fingerprint density at radius 1 is 1.10 bits per heavy atom. The minimum absolute atomic E-state index is 0.240. The fourth-order valence-corrected chi connectivity index (χ4v) is 4.00. The number of rotatable bonds is 5. The Morgan fingerprint density at radius 3 is 2.45 bits per heavy atom. The zero-order valence-electron chi connectivity index (χ0n) is 15.4. The van der Waals surface area contributed by atoms with E-state index in [-0.39, 0.29) is 11.7 Å². The van der Waals surface area contributed by atoms with Gasteiger partial charge in [-0.2, -0.15) is 0 Å². The maximum Gasteiger partial charge on any atom is 0.335 e. The number of hydrogen-bond acceptors (Lipinski definition) is 4. The van der Waals surface area contributed by atoms with Crippen molar-refractivity contribution >= 4 is 34.9 Å². The molecule has 4 rings (SSSR count). The van der Waals surface area contributed by atoms with Crippen molar-refractivity contribution in [1.29, 1.82) is 0 Å². The summed E-state index contributed by atoms with van der Waals surface area (Å²) in [5.41, 5.74) is 4.65. The van der Waals surface area contributed by atoms with Crippen molar-refractivity contribution in [3.05, 3.63) is 92.7 Å². The molecule has 1 atom stereocenters. The predicted molar refractivity (Wildman–Crippen MR) is 112 cm³/mol. The lowest BCUT2D eigenvalue weighted by Crippen LogP contribution is -2.07. The summed E-state index contributed by atoms with van der Waals surface area (Å²) in [6.07, 6.45) is 2.71. The molecule has 0 radical (unpaired) electrons. The number of nitrogens with zero attached hydrogens (tertiary/aromatic N) is 2. The van der Waals surface area contributed by atoms with Gasteiger partial charge in [-0.05, 0) is 36.8 Å². The number of ether oxygens (including phenoxy) is 1. The van der Waals surface area contributed by atoms with E-state index in [0.717, 1.165) is 22.4 Å². The van der Waals surface area contributed by atoms with Crippen LogP contribution in [0.2, 0.25) is 10.0 Å². The highest BCUT2D eigenvalue weighted by Gasteiger charge is 2.21. The number of aromatic nitrogens is 1. The number of halogens is 2. The molecule has 1 N–H and O–H groups in total. The van der Waals surface area contributed by atoms with E-state index in [9.17, 15) is 4.79 Å². The zero-order chi connectivity index (χ0) is 20.5. The molecule has 0 fully saturated rings. The number of carbonyl (C=O) groups is 1. The quantitative estimate of drug-likeness (QED) is 0.577. The monoisotopic (exact) mass is 426 g/mol. The Balaban J connectivity index is 1.61. The highest BCUT2D eigenvalue weighted by molar-refractivity contribution is 6.35. The Kier molecular flexibility index (Phi) is 5.26. The van der Waals surface area contributed by atoms with E-state index in [2.05, 4.69) is 9.98 Å². The molecule has 0 bridgehead atoms. The van der Waals surface area contributed by atoms with Crippen LogP contribution in [-0.4, -0.2) is 21.8 Å². The predicted octanol–water partition coefficient (Wildman–Crippen LogP) is 5.58. The van der Waals surface area contributed by atoms with Crippen molar-refractivity contribution in [3.63, 3.8) is 0 Å². The van der Waals surface area contributed by atoms with Gasteiger partial charge in [0.2, 0.25) is 0 Å². The number of aliphatic imine (C=N–C) groups is 1. The Bertz CT molecular complexity index is 1110. The first kappa shape index (κ1) is 19.4. The second kappa shape index (κ2) is 7.85. The lowest BCUT2D eigenvalue weighted by Gasteiger charge is -2.18. The first-order valence-electron chi connectivity index (χ1n) is 8.91. The Hall–Kier alpha value is -2.89. The first-order valence-corrected chi connectivity index (χ1v) is 9.66. The van der Waals surface area contributed by atoms with Crippen LogP contribution in [0.4, 0.5) is 0 Å². The number of fused-ring (bicyclic) bond motifs is 1. The zero-order valence-corrected chi connectivity index (χ0v) is 16.9. The number of pyridine rings is 1. The van der Waals surface area contributed by atoms with E-state index < -0.39 is 5.97 Å². The highest BCUT2D eigenvalue weighted by atomic mass is 35.5. The summed E-state index contributed by atoms with van der Waals surface area (Å²) in [6.45, 7) is 2.45. The summed E-state index contributed by atoms with van der Waals surface area (Å²) in [4.78, 5) is 19.7. The molecule has 1 aliphatic heterocycles. The normalized spacial score (nSPS) is 13.6. The van der Waals surface area contributed by atoms with E-state index in [4.69, 9.17) is 33.0 Å². The molecular weight excluding hydrogens is 411 g/mol. The summed E-state index contributed by atoms with van der Waals surface area (Å²) in [6, 6.07) is 12.5. The molecule has 5 nitrogen and oxygen atoms in total. The van der Waals surface area contributed by atoms with Crippen LogP contribution in [0.3, 0.4) is 0 Å². The average molecular weight is 427 g/mol. The summed E-state index contributed by atoms with van der Waals surface area (Å²) in [5.74, 6) is -0.291. The molecule has 0 saturated carbocycles. The third-order valence-electron chi connectivity index (χ3n) is 4.76. The van der Waals surface area contributed by atoms with Crippen LogP contribution >= 0.6 is 23.2 Å². The van der Waals surface area contributed by atoms with E-state index >= 15 is 0 Å². The maximum atomic E-state index is 11.1. The van der Waals surface area contributed by atoms with Crippen LogP contribution < -0.4 is 4.74 Å². The van der Waals surface area contributed by atoms with Gasteiger partial charge in [-0.15, -0.1) is 0 Å². The van der Waals surface area contributed by atoms with Gasteiger partial charge in [-0.25, -0.2) is 4.79 Å². The van der Waals surface area contributed by atoms with E-state index in [1.165, 1.54) is 12.4 Å². The molecule has 29 heavy (non-hydrogen) atoms. The van der Waals surface area contributed by atoms with Gasteiger partial charge in [0, 0.05) is 29.1 Å². The van der Waals surface area contributed by atoms with Gasteiger partial charge >= 0.3 is 5.97 Å². The fourth-order valence-electron chi connectivity index (χ4n) is 3.33. The Morgan fingerprint density at radius 2 is 1.79 bits per heavy atom. The molecule has 7 heteroatoms. The van der Waals surface area contributed by atoms with Crippen molar-refractivity contribution in [1.82, 2.24) is 4.98 Å². The lowest BCUT2D eigenvalue weighted by molar-refractivity contribution is 0.0697. The van der Waals surface area contributed by atoms with Crippen LogP contribution in [-0.2, 0) is 6.54 Å². The molecule has 146 valence electrons. The highest BCUT2D eigenvalue weighted by Crippen LogP contribution is 2.34. The summed E-state index contributed by atoms with van der Waals surface area (Å²) in [7, 11) is 0. The standard InChI is InChI=1S/C22H16Cl2N2O3/c1-12(20-18(23)10-25-11-19(20)24)29-16-7-6-15-9-26-21(17(15)8-16)13-2-4-14(5-3-13)22(27)28/h2-8,10-12H,9H2,1H3,(H,27,28). The second-order valence-corrected chi connectivity index (χ2v) is 7.46. The van der Waals surface area contributed by atoms with Gasteiger partial charge in [-0.1, -0.05) is 41.4 Å².